The Morgan fingerprint density at radius 2 is 2.22 bits per heavy atom. The number of guanidine groups is 1. The maximum Gasteiger partial charge on any atom is 0.292 e. The van der Waals surface area contributed by atoms with Crippen molar-refractivity contribution in [2.75, 3.05) is 18.4 Å². The highest BCUT2D eigenvalue weighted by molar-refractivity contribution is 5.75. The van der Waals surface area contributed by atoms with E-state index in [0.717, 1.165) is 5.56 Å². The highest BCUT2D eigenvalue weighted by atomic mass is 16.6. The van der Waals surface area contributed by atoms with Gasteiger partial charge in [-0.1, -0.05) is 6.07 Å². The van der Waals surface area contributed by atoms with Crippen LogP contribution in [0.1, 0.15) is 12.0 Å². The first-order chi connectivity index (χ1) is 8.50. The fourth-order valence-corrected chi connectivity index (χ4v) is 1.45. The van der Waals surface area contributed by atoms with Crippen molar-refractivity contribution in [1.82, 2.24) is 0 Å². The Labute approximate surface area is 105 Å². The first-order valence-electron chi connectivity index (χ1n) is 5.55. The Balaban J connectivity index is 2.57. The number of nitrogens with two attached hydrogens (primary N) is 2. The fraction of sp³-hybridized carbons (Fsp3) is 0.364. The Hall–Kier alpha value is -2.31. The SMILES string of the molecule is Cc1ccc(NCCCN=C(N)N)c([N+](=O)[O-])c1. The number of rotatable bonds is 6. The van der Waals surface area contributed by atoms with Gasteiger partial charge < -0.3 is 16.8 Å². The maximum absolute atomic E-state index is 10.9. The maximum atomic E-state index is 10.9. The topological polar surface area (TPSA) is 120 Å². The van der Waals surface area contributed by atoms with Crippen LogP contribution in [0.4, 0.5) is 11.4 Å². The lowest BCUT2D eigenvalue weighted by atomic mass is 10.2. The highest BCUT2D eigenvalue weighted by Gasteiger charge is 2.12. The van der Waals surface area contributed by atoms with Crippen molar-refractivity contribution >= 4 is 17.3 Å². The highest BCUT2D eigenvalue weighted by Crippen LogP contribution is 2.24. The predicted octanol–water partition coefficient (Wildman–Crippen LogP) is 0.979. The minimum absolute atomic E-state index is 0.0521. The van der Waals surface area contributed by atoms with Crippen molar-refractivity contribution in [2.24, 2.45) is 16.5 Å². The van der Waals surface area contributed by atoms with Crippen molar-refractivity contribution in [1.29, 1.82) is 0 Å². The van der Waals surface area contributed by atoms with E-state index in [1.807, 2.05) is 13.0 Å². The van der Waals surface area contributed by atoms with Gasteiger partial charge in [-0.25, -0.2) is 0 Å². The van der Waals surface area contributed by atoms with Crippen LogP contribution in [0, 0.1) is 17.0 Å². The van der Waals surface area contributed by atoms with E-state index in [0.29, 0.717) is 25.2 Å². The Kier molecular flexibility index (Phi) is 4.91. The van der Waals surface area contributed by atoms with Gasteiger partial charge in [-0.15, -0.1) is 0 Å². The molecule has 0 heterocycles. The number of hydrogen-bond acceptors (Lipinski definition) is 4. The largest absolute Gasteiger partial charge is 0.379 e. The van der Waals surface area contributed by atoms with E-state index in [9.17, 15) is 10.1 Å². The number of aliphatic imine (C=N–C) groups is 1. The molecule has 1 rings (SSSR count). The van der Waals surface area contributed by atoms with Crippen LogP contribution in [0.25, 0.3) is 0 Å². The summed E-state index contributed by atoms with van der Waals surface area (Å²) in [7, 11) is 0. The molecule has 0 saturated heterocycles. The molecule has 7 heteroatoms. The summed E-state index contributed by atoms with van der Waals surface area (Å²) in [4.78, 5) is 14.3. The normalized spacial score (nSPS) is 9.83. The fourth-order valence-electron chi connectivity index (χ4n) is 1.45. The van der Waals surface area contributed by atoms with Gasteiger partial charge in [-0.2, -0.15) is 0 Å². The zero-order chi connectivity index (χ0) is 13.5. The number of anilines is 1. The number of nitro groups is 1. The summed E-state index contributed by atoms with van der Waals surface area (Å²) in [5.74, 6) is 0.0521. The molecule has 18 heavy (non-hydrogen) atoms. The molecular weight excluding hydrogens is 234 g/mol. The van der Waals surface area contributed by atoms with E-state index >= 15 is 0 Å². The molecule has 0 aliphatic heterocycles. The number of nitrogens with zero attached hydrogens (tertiary/aromatic N) is 2. The van der Waals surface area contributed by atoms with Gasteiger partial charge in [-0.3, -0.25) is 15.1 Å². The van der Waals surface area contributed by atoms with Crippen LogP contribution in [0.2, 0.25) is 0 Å². The van der Waals surface area contributed by atoms with Crippen molar-refractivity contribution in [3.05, 3.63) is 33.9 Å². The minimum Gasteiger partial charge on any atom is -0.379 e. The smallest absolute Gasteiger partial charge is 0.292 e. The average Bonchev–Trinajstić information content (AvgIpc) is 2.29. The number of aryl methyl sites for hydroxylation is 1. The Morgan fingerprint density at radius 3 is 2.83 bits per heavy atom. The summed E-state index contributed by atoms with van der Waals surface area (Å²) in [5.41, 5.74) is 11.8. The average molecular weight is 251 g/mol. The summed E-state index contributed by atoms with van der Waals surface area (Å²) in [6.45, 7) is 2.88. The molecule has 1 aromatic rings. The molecule has 0 bridgehead atoms. The van der Waals surface area contributed by atoms with Crippen LogP contribution >= 0.6 is 0 Å². The van der Waals surface area contributed by atoms with Crippen LogP contribution in [0.15, 0.2) is 23.2 Å². The van der Waals surface area contributed by atoms with Crippen molar-refractivity contribution in [2.45, 2.75) is 13.3 Å². The lowest BCUT2D eigenvalue weighted by Gasteiger charge is -2.06. The third kappa shape index (κ3) is 4.28. The van der Waals surface area contributed by atoms with Crippen molar-refractivity contribution in [3.8, 4) is 0 Å². The quantitative estimate of drug-likeness (QED) is 0.229. The molecule has 1 aromatic carbocycles. The summed E-state index contributed by atoms with van der Waals surface area (Å²) in [6, 6.07) is 5.07. The van der Waals surface area contributed by atoms with Gasteiger partial charge in [0.15, 0.2) is 5.96 Å². The molecule has 0 atom stereocenters. The molecule has 7 nitrogen and oxygen atoms in total. The summed E-state index contributed by atoms with van der Waals surface area (Å²) >= 11 is 0. The van der Waals surface area contributed by atoms with E-state index < -0.39 is 4.92 Å². The second-order valence-corrected chi connectivity index (χ2v) is 3.86. The van der Waals surface area contributed by atoms with Gasteiger partial charge in [-0.05, 0) is 25.0 Å². The molecule has 0 amide bonds. The van der Waals surface area contributed by atoms with Gasteiger partial charge in [0.2, 0.25) is 0 Å². The molecule has 0 aliphatic rings. The van der Waals surface area contributed by atoms with Gasteiger partial charge in [0, 0.05) is 19.2 Å². The summed E-state index contributed by atoms with van der Waals surface area (Å²) in [6.07, 6.45) is 0.697. The van der Waals surface area contributed by atoms with Crippen LogP contribution in [-0.4, -0.2) is 24.0 Å². The molecule has 0 radical (unpaired) electrons. The zero-order valence-corrected chi connectivity index (χ0v) is 10.2. The molecule has 98 valence electrons. The van der Waals surface area contributed by atoms with Crippen LogP contribution in [0.5, 0.6) is 0 Å². The zero-order valence-electron chi connectivity index (χ0n) is 10.2. The van der Waals surface area contributed by atoms with E-state index in [-0.39, 0.29) is 11.6 Å². The van der Waals surface area contributed by atoms with Crippen LogP contribution < -0.4 is 16.8 Å². The minimum atomic E-state index is -0.397. The van der Waals surface area contributed by atoms with Gasteiger partial charge in [0.05, 0.1) is 4.92 Å². The van der Waals surface area contributed by atoms with Crippen LogP contribution in [0.3, 0.4) is 0 Å². The van der Waals surface area contributed by atoms with Gasteiger partial charge >= 0.3 is 0 Å². The molecule has 0 aromatic heterocycles. The summed E-state index contributed by atoms with van der Waals surface area (Å²) < 4.78 is 0. The molecule has 0 aliphatic carbocycles. The standard InChI is InChI=1S/C11H17N5O2/c1-8-3-4-9(10(7-8)16(17)18)14-5-2-6-15-11(12)13/h3-4,7,14H,2,5-6H2,1H3,(H4,12,13,15). The number of nitrogens with one attached hydrogen (secondary N) is 1. The third-order valence-corrected chi connectivity index (χ3v) is 2.29. The second kappa shape index (κ2) is 6.43. The predicted molar refractivity (Wildman–Crippen MR) is 71.6 cm³/mol. The van der Waals surface area contributed by atoms with Gasteiger partial charge in [0.25, 0.3) is 5.69 Å². The third-order valence-electron chi connectivity index (χ3n) is 2.29. The van der Waals surface area contributed by atoms with E-state index in [1.165, 1.54) is 0 Å². The summed E-state index contributed by atoms with van der Waals surface area (Å²) in [5, 5.41) is 13.9. The Morgan fingerprint density at radius 1 is 1.50 bits per heavy atom. The lowest BCUT2D eigenvalue weighted by Crippen LogP contribution is -2.23. The molecule has 0 unspecified atom stereocenters. The molecule has 0 saturated carbocycles. The Bertz CT molecular complexity index is 455. The first-order valence-corrected chi connectivity index (χ1v) is 5.55. The van der Waals surface area contributed by atoms with E-state index in [2.05, 4.69) is 10.3 Å². The molecule has 0 fully saturated rings. The van der Waals surface area contributed by atoms with Gasteiger partial charge in [0.1, 0.15) is 5.69 Å². The van der Waals surface area contributed by atoms with E-state index in [1.54, 1.807) is 12.1 Å². The second-order valence-electron chi connectivity index (χ2n) is 3.86. The molecular formula is C11H17N5O2. The van der Waals surface area contributed by atoms with Crippen molar-refractivity contribution in [3.63, 3.8) is 0 Å². The van der Waals surface area contributed by atoms with Crippen LogP contribution in [-0.2, 0) is 0 Å². The number of nitro benzene ring substituents is 1. The van der Waals surface area contributed by atoms with Crippen molar-refractivity contribution < 1.29 is 4.92 Å². The monoisotopic (exact) mass is 251 g/mol. The number of benzene rings is 1. The molecule has 5 N–H and O–H groups in total. The lowest BCUT2D eigenvalue weighted by molar-refractivity contribution is -0.384. The first kappa shape index (κ1) is 13.8. The number of hydrogen-bond donors (Lipinski definition) is 3. The van der Waals surface area contributed by atoms with E-state index in [4.69, 9.17) is 11.5 Å². The molecule has 0 spiro atoms.